The number of hydrogen-bond acceptors (Lipinski definition) is 5. The number of aryl methyl sites for hydroxylation is 1. The lowest BCUT2D eigenvalue weighted by molar-refractivity contribution is -0.115. The van der Waals surface area contributed by atoms with E-state index in [1.54, 1.807) is 24.3 Å². The number of thioether (sulfide) groups is 1. The van der Waals surface area contributed by atoms with Crippen LogP contribution in [-0.2, 0) is 4.79 Å². The number of aromatic nitrogens is 1. The van der Waals surface area contributed by atoms with Gasteiger partial charge >= 0.3 is 0 Å². The monoisotopic (exact) mass is 479 g/mol. The summed E-state index contributed by atoms with van der Waals surface area (Å²) in [5, 5.41) is 5.89. The number of benzene rings is 3. The van der Waals surface area contributed by atoms with Gasteiger partial charge in [-0.15, -0.1) is 11.8 Å². The van der Waals surface area contributed by atoms with Crippen LogP contribution in [0.15, 0.2) is 71.6 Å². The standard InChI is InChI=1S/C25H22FN3O2S2/c1-3-21(24(31)29-25-28-20-12-11-15(2)13-22(20)33-25)32-17-8-6-7-16(14-17)27-23(30)18-9-4-5-10-19(18)26/h4-14,21H,3H2,1-2H3,(H,27,30)(H,28,29,31). The van der Waals surface area contributed by atoms with E-state index in [4.69, 9.17) is 0 Å². The number of halogens is 1. The van der Waals surface area contributed by atoms with Crippen LogP contribution in [0, 0.1) is 12.7 Å². The first-order valence-corrected chi connectivity index (χ1v) is 12.1. The van der Waals surface area contributed by atoms with E-state index in [1.807, 2.05) is 32.0 Å². The third-order valence-corrected chi connectivity index (χ3v) is 7.22. The fourth-order valence-corrected chi connectivity index (χ4v) is 5.23. The summed E-state index contributed by atoms with van der Waals surface area (Å²) in [5.41, 5.74) is 2.52. The molecule has 33 heavy (non-hydrogen) atoms. The quantitative estimate of drug-likeness (QED) is 0.297. The number of fused-ring (bicyclic) bond motifs is 1. The molecule has 0 saturated heterocycles. The zero-order valence-electron chi connectivity index (χ0n) is 18.1. The smallest absolute Gasteiger partial charge is 0.258 e. The van der Waals surface area contributed by atoms with E-state index in [1.165, 1.54) is 41.3 Å². The van der Waals surface area contributed by atoms with E-state index < -0.39 is 11.7 Å². The highest BCUT2D eigenvalue weighted by atomic mass is 32.2. The number of carbonyl (C=O) groups is 2. The lowest BCUT2D eigenvalue weighted by atomic mass is 10.2. The molecule has 0 saturated carbocycles. The number of amides is 2. The zero-order chi connectivity index (χ0) is 23.4. The van der Waals surface area contributed by atoms with Crippen LogP contribution in [0.2, 0.25) is 0 Å². The molecule has 1 aromatic heterocycles. The van der Waals surface area contributed by atoms with Crippen molar-refractivity contribution < 1.29 is 14.0 Å². The van der Waals surface area contributed by atoms with Crippen LogP contribution in [0.3, 0.4) is 0 Å². The molecule has 1 heterocycles. The normalized spacial score (nSPS) is 11.8. The van der Waals surface area contributed by atoms with Gasteiger partial charge in [0.05, 0.1) is 21.0 Å². The summed E-state index contributed by atoms with van der Waals surface area (Å²) in [5.74, 6) is -1.22. The molecule has 168 valence electrons. The van der Waals surface area contributed by atoms with Crippen molar-refractivity contribution in [3.63, 3.8) is 0 Å². The minimum absolute atomic E-state index is 0.0209. The molecule has 0 aliphatic rings. The highest BCUT2D eigenvalue weighted by Crippen LogP contribution is 2.31. The van der Waals surface area contributed by atoms with E-state index in [0.29, 0.717) is 17.2 Å². The minimum Gasteiger partial charge on any atom is -0.322 e. The Kier molecular flexibility index (Phi) is 7.05. The van der Waals surface area contributed by atoms with Crippen molar-refractivity contribution in [1.29, 1.82) is 0 Å². The Morgan fingerprint density at radius 1 is 1.06 bits per heavy atom. The van der Waals surface area contributed by atoms with Crippen LogP contribution in [0.4, 0.5) is 15.2 Å². The average molecular weight is 480 g/mol. The van der Waals surface area contributed by atoms with E-state index in [0.717, 1.165) is 20.7 Å². The highest BCUT2D eigenvalue weighted by Gasteiger charge is 2.20. The molecule has 0 aliphatic carbocycles. The van der Waals surface area contributed by atoms with Gasteiger partial charge < -0.3 is 10.6 Å². The molecular weight excluding hydrogens is 457 g/mol. The maximum absolute atomic E-state index is 13.9. The van der Waals surface area contributed by atoms with Crippen LogP contribution in [-0.4, -0.2) is 22.0 Å². The van der Waals surface area contributed by atoms with Crippen LogP contribution >= 0.6 is 23.1 Å². The Labute approximate surface area is 199 Å². The highest BCUT2D eigenvalue weighted by molar-refractivity contribution is 8.00. The molecule has 8 heteroatoms. The lowest BCUT2D eigenvalue weighted by Gasteiger charge is -2.14. The molecule has 3 aromatic carbocycles. The van der Waals surface area contributed by atoms with Gasteiger partial charge in [0.2, 0.25) is 5.91 Å². The summed E-state index contributed by atoms with van der Waals surface area (Å²) >= 11 is 2.86. The van der Waals surface area contributed by atoms with Gasteiger partial charge in [-0.25, -0.2) is 9.37 Å². The van der Waals surface area contributed by atoms with Gasteiger partial charge in [0.1, 0.15) is 5.82 Å². The predicted molar refractivity (Wildman–Crippen MR) is 134 cm³/mol. The third-order valence-electron chi connectivity index (χ3n) is 4.93. The Morgan fingerprint density at radius 2 is 1.88 bits per heavy atom. The van der Waals surface area contributed by atoms with Crippen LogP contribution in [0.5, 0.6) is 0 Å². The Bertz CT molecular complexity index is 1320. The van der Waals surface area contributed by atoms with Gasteiger partial charge in [0.15, 0.2) is 5.13 Å². The first-order chi connectivity index (χ1) is 15.9. The van der Waals surface area contributed by atoms with Crippen LogP contribution in [0.25, 0.3) is 10.2 Å². The molecule has 2 amide bonds. The second-order valence-electron chi connectivity index (χ2n) is 7.46. The number of nitrogens with one attached hydrogen (secondary N) is 2. The molecule has 0 radical (unpaired) electrons. The van der Waals surface area contributed by atoms with Crippen molar-refractivity contribution >= 4 is 55.9 Å². The Balaban J connectivity index is 1.43. The number of hydrogen-bond donors (Lipinski definition) is 2. The summed E-state index contributed by atoms with van der Waals surface area (Å²) in [6, 6.07) is 19.0. The lowest BCUT2D eigenvalue weighted by Crippen LogP contribution is -2.24. The first-order valence-electron chi connectivity index (χ1n) is 10.4. The van der Waals surface area contributed by atoms with Crippen LogP contribution < -0.4 is 10.6 Å². The second-order valence-corrected chi connectivity index (χ2v) is 9.76. The van der Waals surface area contributed by atoms with Crippen molar-refractivity contribution in [2.45, 2.75) is 30.4 Å². The largest absolute Gasteiger partial charge is 0.322 e. The van der Waals surface area contributed by atoms with Gasteiger partial charge in [-0.1, -0.05) is 42.5 Å². The summed E-state index contributed by atoms with van der Waals surface area (Å²) in [6.07, 6.45) is 0.617. The summed E-state index contributed by atoms with van der Waals surface area (Å²) in [4.78, 5) is 30.6. The van der Waals surface area contributed by atoms with Crippen molar-refractivity contribution in [2.24, 2.45) is 0 Å². The van der Waals surface area contributed by atoms with E-state index in [9.17, 15) is 14.0 Å². The fraction of sp³-hybridized carbons (Fsp3) is 0.160. The van der Waals surface area contributed by atoms with E-state index in [-0.39, 0.29) is 16.7 Å². The van der Waals surface area contributed by atoms with Gasteiger partial charge in [-0.2, -0.15) is 0 Å². The maximum Gasteiger partial charge on any atom is 0.258 e. The maximum atomic E-state index is 13.9. The van der Waals surface area contributed by atoms with E-state index >= 15 is 0 Å². The molecule has 1 unspecified atom stereocenters. The zero-order valence-corrected chi connectivity index (χ0v) is 19.7. The average Bonchev–Trinajstić information content (AvgIpc) is 3.19. The summed E-state index contributed by atoms with van der Waals surface area (Å²) in [7, 11) is 0. The van der Waals surface area contributed by atoms with Gasteiger partial charge in [0, 0.05) is 10.6 Å². The SMILES string of the molecule is CCC(Sc1cccc(NC(=O)c2ccccc2F)c1)C(=O)Nc1nc2ccc(C)cc2s1. The minimum atomic E-state index is -0.576. The first kappa shape index (κ1) is 22.9. The third kappa shape index (κ3) is 5.58. The van der Waals surface area contributed by atoms with Crippen molar-refractivity contribution in [2.75, 3.05) is 10.6 Å². The fourth-order valence-electron chi connectivity index (χ4n) is 3.25. The van der Waals surface area contributed by atoms with Crippen molar-refractivity contribution in [1.82, 2.24) is 4.98 Å². The molecule has 4 rings (SSSR count). The van der Waals surface area contributed by atoms with Crippen molar-refractivity contribution in [3.05, 3.63) is 83.7 Å². The molecule has 1 atom stereocenters. The van der Waals surface area contributed by atoms with Gasteiger partial charge in [0.25, 0.3) is 5.91 Å². The molecule has 0 aliphatic heterocycles. The summed E-state index contributed by atoms with van der Waals surface area (Å²) < 4.78 is 14.9. The molecule has 4 aromatic rings. The Hall–Kier alpha value is -3.23. The molecule has 0 spiro atoms. The molecular formula is C25H22FN3O2S2. The van der Waals surface area contributed by atoms with Crippen LogP contribution in [0.1, 0.15) is 29.3 Å². The molecule has 2 N–H and O–H groups in total. The van der Waals surface area contributed by atoms with Gasteiger partial charge in [-0.05, 0) is 61.4 Å². The Morgan fingerprint density at radius 3 is 2.67 bits per heavy atom. The topological polar surface area (TPSA) is 71.1 Å². The predicted octanol–water partition coefficient (Wildman–Crippen LogP) is 6.51. The number of nitrogens with zero attached hydrogens (tertiary/aromatic N) is 1. The number of carbonyl (C=O) groups excluding carboxylic acids is 2. The second kappa shape index (κ2) is 10.1. The molecule has 0 fully saturated rings. The number of anilines is 2. The van der Waals surface area contributed by atoms with E-state index in [2.05, 4.69) is 21.7 Å². The summed E-state index contributed by atoms with van der Waals surface area (Å²) in [6.45, 7) is 3.97. The molecule has 0 bridgehead atoms. The molecule has 5 nitrogen and oxygen atoms in total. The number of rotatable bonds is 7. The van der Waals surface area contributed by atoms with Gasteiger partial charge in [-0.3, -0.25) is 9.59 Å². The number of thiazole rings is 1. The van der Waals surface area contributed by atoms with Crippen molar-refractivity contribution in [3.8, 4) is 0 Å².